The van der Waals surface area contributed by atoms with E-state index in [4.69, 9.17) is 4.74 Å². The van der Waals surface area contributed by atoms with Crippen molar-refractivity contribution in [1.29, 1.82) is 0 Å². The van der Waals surface area contributed by atoms with Gasteiger partial charge in [0.25, 0.3) is 11.7 Å². The molecule has 1 fully saturated rings. The third-order valence-corrected chi connectivity index (χ3v) is 6.37. The molecule has 0 spiro atoms. The van der Waals surface area contributed by atoms with E-state index in [1.807, 2.05) is 62.3 Å². The zero-order valence-corrected chi connectivity index (χ0v) is 20.7. The number of aliphatic hydroxyl groups is 1. The molecule has 0 saturated carbocycles. The smallest absolute Gasteiger partial charge is 0.337 e. The second-order valence-electron chi connectivity index (χ2n) is 8.74. The number of hydrogen-bond acceptors (Lipinski definition) is 6. The Kier molecular flexibility index (Phi) is 6.92. The maximum absolute atomic E-state index is 13.3. The Hall–Kier alpha value is -4.39. The van der Waals surface area contributed by atoms with E-state index in [0.29, 0.717) is 22.4 Å². The molecule has 3 aromatic carbocycles. The Morgan fingerprint density at radius 2 is 1.50 bits per heavy atom. The summed E-state index contributed by atoms with van der Waals surface area (Å²) in [6.45, 7) is 2.03. The van der Waals surface area contributed by atoms with Crippen molar-refractivity contribution in [3.8, 4) is 0 Å². The lowest BCUT2D eigenvalue weighted by molar-refractivity contribution is -0.132. The lowest BCUT2D eigenvalue weighted by Crippen LogP contribution is -2.29. The van der Waals surface area contributed by atoms with Crippen LogP contribution >= 0.6 is 0 Å². The van der Waals surface area contributed by atoms with Gasteiger partial charge in [-0.25, -0.2) is 4.79 Å². The number of methoxy groups -OCH3 is 1. The van der Waals surface area contributed by atoms with Crippen LogP contribution < -0.4 is 9.80 Å². The van der Waals surface area contributed by atoms with Gasteiger partial charge in [0.2, 0.25) is 0 Å². The number of Topliss-reactive ketones (excluding diaryl/α,β-unsaturated/α-hetero) is 1. The van der Waals surface area contributed by atoms with Crippen molar-refractivity contribution in [1.82, 2.24) is 0 Å². The molecule has 184 valence electrons. The Balaban J connectivity index is 1.87. The average Bonchev–Trinajstić information content (AvgIpc) is 3.18. The molecule has 1 unspecified atom stereocenters. The van der Waals surface area contributed by atoms with Crippen LogP contribution in [0.4, 0.5) is 11.4 Å². The SMILES string of the molecule is CCc1ccc(/C(O)=C2\C(=O)C(=O)N(c3ccc(C(=O)OC)cc3)C2c2ccc(N(C)C)cc2)cc1. The van der Waals surface area contributed by atoms with Gasteiger partial charge >= 0.3 is 5.97 Å². The molecule has 1 heterocycles. The van der Waals surface area contributed by atoms with Gasteiger partial charge in [0.1, 0.15) is 5.76 Å². The minimum atomic E-state index is -0.851. The molecule has 7 nitrogen and oxygen atoms in total. The third-order valence-electron chi connectivity index (χ3n) is 6.37. The van der Waals surface area contributed by atoms with E-state index in [1.54, 1.807) is 24.3 Å². The summed E-state index contributed by atoms with van der Waals surface area (Å²) in [5, 5.41) is 11.3. The summed E-state index contributed by atoms with van der Waals surface area (Å²) in [6.07, 6.45) is 0.839. The molecule has 1 N–H and O–H groups in total. The fraction of sp³-hybridized carbons (Fsp3) is 0.207. The first-order valence-corrected chi connectivity index (χ1v) is 11.6. The van der Waals surface area contributed by atoms with Gasteiger partial charge in [0.05, 0.1) is 24.3 Å². The first kappa shape index (κ1) is 24.7. The first-order valence-electron chi connectivity index (χ1n) is 11.6. The number of hydrogen-bond donors (Lipinski definition) is 1. The topological polar surface area (TPSA) is 87.2 Å². The molecule has 3 aromatic rings. The molecular formula is C29H28N2O5. The summed E-state index contributed by atoms with van der Waals surface area (Å²) in [5.41, 5.74) is 3.93. The zero-order valence-electron chi connectivity index (χ0n) is 20.7. The number of amides is 1. The predicted molar refractivity (Wildman–Crippen MR) is 139 cm³/mol. The summed E-state index contributed by atoms with van der Waals surface area (Å²) in [4.78, 5) is 41.8. The number of ether oxygens (including phenoxy) is 1. The van der Waals surface area contributed by atoms with Crippen molar-refractivity contribution in [2.45, 2.75) is 19.4 Å². The second kappa shape index (κ2) is 10.1. The number of rotatable bonds is 6. The lowest BCUT2D eigenvalue weighted by atomic mass is 9.94. The highest BCUT2D eigenvalue weighted by Crippen LogP contribution is 2.42. The van der Waals surface area contributed by atoms with E-state index >= 15 is 0 Å². The van der Waals surface area contributed by atoms with Gasteiger partial charge in [0.15, 0.2) is 0 Å². The van der Waals surface area contributed by atoms with Crippen molar-refractivity contribution >= 4 is 34.8 Å². The van der Waals surface area contributed by atoms with Gasteiger partial charge < -0.3 is 14.7 Å². The fourth-order valence-corrected chi connectivity index (χ4v) is 4.30. The number of nitrogens with zero attached hydrogens (tertiary/aromatic N) is 2. The van der Waals surface area contributed by atoms with Crippen LogP contribution in [0.2, 0.25) is 0 Å². The number of carbonyl (C=O) groups is 3. The van der Waals surface area contributed by atoms with Crippen LogP contribution in [0, 0.1) is 0 Å². The molecule has 0 aliphatic carbocycles. The lowest BCUT2D eigenvalue weighted by Gasteiger charge is -2.26. The molecule has 1 saturated heterocycles. The number of carbonyl (C=O) groups excluding carboxylic acids is 3. The van der Waals surface area contributed by atoms with E-state index in [1.165, 1.54) is 24.1 Å². The van der Waals surface area contributed by atoms with Crippen molar-refractivity contribution < 1.29 is 24.2 Å². The van der Waals surface area contributed by atoms with Crippen molar-refractivity contribution in [3.63, 3.8) is 0 Å². The van der Waals surface area contributed by atoms with Crippen LogP contribution in [0.15, 0.2) is 78.4 Å². The van der Waals surface area contributed by atoms with E-state index in [9.17, 15) is 19.5 Å². The number of aliphatic hydroxyl groups excluding tert-OH is 1. The van der Waals surface area contributed by atoms with Gasteiger partial charge in [-0.1, -0.05) is 43.3 Å². The van der Waals surface area contributed by atoms with Gasteiger partial charge in [-0.15, -0.1) is 0 Å². The number of anilines is 2. The van der Waals surface area contributed by atoms with Gasteiger partial charge in [0, 0.05) is 31.0 Å². The van der Waals surface area contributed by atoms with Crippen LogP contribution in [0.25, 0.3) is 5.76 Å². The Bertz CT molecular complexity index is 1320. The van der Waals surface area contributed by atoms with Crippen molar-refractivity contribution in [2.75, 3.05) is 31.0 Å². The number of esters is 1. The standard InChI is InChI=1S/C29H28N2O5/c1-5-18-6-8-20(9-7-18)26(32)24-25(19-10-14-22(15-11-19)30(2)3)31(28(34)27(24)33)23-16-12-21(13-17-23)29(35)36-4/h6-17,25,32H,5H2,1-4H3/b26-24+. The van der Waals surface area contributed by atoms with E-state index in [2.05, 4.69) is 0 Å². The quantitative estimate of drug-likeness (QED) is 0.236. The largest absolute Gasteiger partial charge is 0.507 e. The maximum Gasteiger partial charge on any atom is 0.337 e. The molecule has 7 heteroatoms. The normalized spacial score (nSPS) is 16.8. The van der Waals surface area contributed by atoms with Crippen LogP contribution in [-0.4, -0.2) is 44.0 Å². The van der Waals surface area contributed by atoms with Crippen LogP contribution in [0.1, 0.15) is 40.0 Å². The molecule has 0 bridgehead atoms. The Morgan fingerprint density at radius 3 is 2.03 bits per heavy atom. The molecule has 0 radical (unpaired) electrons. The highest BCUT2D eigenvalue weighted by molar-refractivity contribution is 6.51. The van der Waals surface area contributed by atoms with E-state index < -0.39 is 23.7 Å². The average molecular weight is 485 g/mol. The summed E-state index contributed by atoms with van der Waals surface area (Å²) >= 11 is 0. The van der Waals surface area contributed by atoms with E-state index in [0.717, 1.165) is 17.7 Å². The molecule has 4 rings (SSSR count). The zero-order chi connectivity index (χ0) is 26.0. The molecule has 1 aliphatic rings. The van der Waals surface area contributed by atoms with Gasteiger partial charge in [-0.2, -0.15) is 0 Å². The number of benzene rings is 3. The van der Waals surface area contributed by atoms with Gasteiger partial charge in [-0.05, 0) is 53.9 Å². The van der Waals surface area contributed by atoms with E-state index in [-0.39, 0.29) is 11.3 Å². The maximum atomic E-state index is 13.3. The summed E-state index contributed by atoms with van der Waals surface area (Å²) in [5.74, 6) is -2.26. The second-order valence-corrected chi connectivity index (χ2v) is 8.74. The molecule has 1 atom stereocenters. The van der Waals surface area contributed by atoms with Crippen molar-refractivity contribution in [2.24, 2.45) is 0 Å². The monoisotopic (exact) mass is 484 g/mol. The molecule has 0 aromatic heterocycles. The highest BCUT2D eigenvalue weighted by Gasteiger charge is 2.47. The summed E-state index contributed by atoms with van der Waals surface area (Å²) in [6, 6.07) is 20.2. The van der Waals surface area contributed by atoms with Crippen LogP contribution in [0.5, 0.6) is 0 Å². The Morgan fingerprint density at radius 1 is 0.917 bits per heavy atom. The van der Waals surface area contributed by atoms with Gasteiger partial charge in [-0.3, -0.25) is 14.5 Å². The number of ketones is 1. The van der Waals surface area contributed by atoms with Crippen molar-refractivity contribution in [3.05, 3.63) is 101 Å². The molecule has 36 heavy (non-hydrogen) atoms. The fourth-order valence-electron chi connectivity index (χ4n) is 4.30. The Labute approximate surface area is 210 Å². The minimum Gasteiger partial charge on any atom is -0.507 e. The third kappa shape index (κ3) is 4.47. The molecule has 1 amide bonds. The number of aryl methyl sites for hydroxylation is 1. The summed E-state index contributed by atoms with van der Waals surface area (Å²) < 4.78 is 4.76. The van der Waals surface area contributed by atoms with Crippen LogP contribution in [-0.2, 0) is 20.7 Å². The first-order chi connectivity index (χ1) is 17.3. The summed E-state index contributed by atoms with van der Waals surface area (Å²) in [7, 11) is 5.13. The molecular weight excluding hydrogens is 456 g/mol. The minimum absolute atomic E-state index is 0.0129. The predicted octanol–water partition coefficient (Wildman–Crippen LogP) is 4.73. The highest BCUT2D eigenvalue weighted by atomic mass is 16.5. The van der Waals surface area contributed by atoms with Crippen LogP contribution in [0.3, 0.4) is 0 Å². The molecule has 1 aliphatic heterocycles.